The first-order valence-electron chi connectivity index (χ1n) is 9.36. The lowest BCUT2D eigenvalue weighted by atomic mass is 10.1. The molecule has 0 saturated carbocycles. The molecule has 0 N–H and O–H groups in total. The number of aryl methyl sites for hydroxylation is 1. The molecule has 0 aromatic heterocycles. The molecule has 1 saturated heterocycles. The number of benzene rings is 2. The fourth-order valence-corrected chi connectivity index (χ4v) is 4.41. The number of ether oxygens (including phenoxy) is 1. The Morgan fingerprint density at radius 1 is 1.00 bits per heavy atom. The molecular weight excluding hydrogens is 370 g/mol. The van der Waals surface area contributed by atoms with Gasteiger partial charge in [-0.05, 0) is 54.1 Å². The monoisotopic (exact) mass is 393 g/mol. The van der Waals surface area contributed by atoms with E-state index in [4.69, 9.17) is 4.74 Å². The molecule has 144 valence electrons. The van der Waals surface area contributed by atoms with Crippen LogP contribution in [0.2, 0.25) is 0 Å². The standard InChI is InChI=1S/C22H23N3O2S/c1-16-5-3-4-6-19(16)24-11-13-25(14-12-24)22-23-21(26)20(28-22)15-17-7-9-18(27-2)10-8-17/h3-10,15H,11-14H2,1-2H3/b20-15+. The summed E-state index contributed by atoms with van der Waals surface area (Å²) >= 11 is 1.47. The summed E-state index contributed by atoms with van der Waals surface area (Å²) in [6.45, 7) is 5.73. The minimum absolute atomic E-state index is 0.155. The van der Waals surface area contributed by atoms with Gasteiger partial charge in [-0.25, -0.2) is 0 Å². The molecule has 2 aromatic carbocycles. The second-order valence-electron chi connectivity index (χ2n) is 6.84. The number of nitrogens with zero attached hydrogens (tertiary/aromatic N) is 3. The van der Waals surface area contributed by atoms with E-state index in [1.165, 1.54) is 23.0 Å². The van der Waals surface area contributed by atoms with E-state index in [9.17, 15) is 4.79 Å². The van der Waals surface area contributed by atoms with Crippen molar-refractivity contribution in [3.8, 4) is 5.75 Å². The fraction of sp³-hybridized carbons (Fsp3) is 0.273. The number of aliphatic imine (C=N–C) groups is 1. The van der Waals surface area contributed by atoms with E-state index in [0.29, 0.717) is 4.91 Å². The minimum Gasteiger partial charge on any atom is -0.497 e. The Morgan fingerprint density at radius 2 is 1.68 bits per heavy atom. The topological polar surface area (TPSA) is 45.1 Å². The molecule has 6 heteroatoms. The third kappa shape index (κ3) is 3.92. The molecule has 2 aromatic rings. The van der Waals surface area contributed by atoms with Gasteiger partial charge in [0.05, 0.1) is 12.0 Å². The first kappa shape index (κ1) is 18.6. The molecule has 0 atom stereocenters. The van der Waals surface area contributed by atoms with Crippen LogP contribution in [0, 0.1) is 6.92 Å². The number of para-hydroxylation sites is 1. The van der Waals surface area contributed by atoms with Crippen LogP contribution in [0.5, 0.6) is 5.75 Å². The van der Waals surface area contributed by atoms with Crippen LogP contribution >= 0.6 is 11.8 Å². The van der Waals surface area contributed by atoms with E-state index in [1.807, 2.05) is 30.3 Å². The highest BCUT2D eigenvalue weighted by Gasteiger charge is 2.28. The first-order valence-corrected chi connectivity index (χ1v) is 10.2. The van der Waals surface area contributed by atoms with Gasteiger partial charge in [-0.2, -0.15) is 4.99 Å². The summed E-state index contributed by atoms with van der Waals surface area (Å²) in [6, 6.07) is 16.1. The highest BCUT2D eigenvalue weighted by atomic mass is 32.2. The maximum Gasteiger partial charge on any atom is 0.286 e. The van der Waals surface area contributed by atoms with Gasteiger partial charge in [-0.15, -0.1) is 0 Å². The number of thioether (sulfide) groups is 1. The van der Waals surface area contributed by atoms with Crippen molar-refractivity contribution in [1.82, 2.24) is 4.90 Å². The lowest BCUT2D eigenvalue weighted by molar-refractivity contribution is -0.113. The van der Waals surface area contributed by atoms with E-state index in [1.54, 1.807) is 7.11 Å². The molecule has 2 aliphatic heterocycles. The highest BCUT2D eigenvalue weighted by Crippen LogP contribution is 2.31. The third-order valence-corrected chi connectivity index (χ3v) is 6.07. The van der Waals surface area contributed by atoms with Crippen LogP contribution in [0.25, 0.3) is 6.08 Å². The molecule has 1 amide bonds. The molecule has 5 nitrogen and oxygen atoms in total. The number of rotatable bonds is 3. The molecule has 28 heavy (non-hydrogen) atoms. The molecule has 0 unspecified atom stereocenters. The molecule has 1 fully saturated rings. The van der Waals surface area contributed by atoms with Gasteiger partial charge in [0.25, 0.3) is 5.91 Å². The van der Waals surface area contributed by atoms with Gasteiger partial charge in [0.2, 0.25) is 0 Å². The van der Waals surface area contributed by atoms with Crippen LogP contribution in [-0.2, 0) is 4.79 Å². The third-order valence-electron chi connectivity index (χ3n) is 5.03. The number of amides is 1. The fourth-order valence-electron chi connectivity index (χ4n) is 3.44. The predicted molar refractivity (Wildman–Crippen MR) is 116 cm³/mol. The summed E-state index contributed by atoms with van der Waals surface area (Å²) in [5, 5.41) is 0.814. The van der Waals surface area contributed by atoms with Crippen molar-refractivity contribution < 1.29 is 9.53 Å². The SMILES string of the molecule is COc1ccc(/C=C2/SC(N3CCN(c4ccccc4C)CC3)=NC2=O)cc1. The smallest absolute Gasteiger partial charge is 0.286 e. The van der Waals surface area contributed by atoms with Gasteiger partial charge in [0.15, 0.2) is 5.17 Å². The van der Waals surface area contributed by atoms with Crippen LogP contribution < -0.4 is 9.64 Å². The van der Waals surface area contributed by atoms with Crippen molar-refractivity contribution in [2.45, 2.75) is 6.92 Å². The van der Waals surface area contributed by atoms with Crippen molar-refractivity contribution in [1.29, 1.82) is 0 Å². The number of hydrogen-bond acceptors (Lipinski definition) is 5. The summed E-state index contributed by atoms with van der Waals surface area (Å²) in [5.74, 6) is 0.646. The van der Waals surface area contributed by atoms with E-state index in [0.717, 1.165) is 42.7 Å². The van der Waals surface area contributed by atoms with Gasteiger partial charge in [-0.3, -0.25) is 4.79 Å². The number of piperazine rings is 1. The summed E-state index contributed by atoms with van der Waals surface area (Å²) in [6.07, 6.45) is 1.90. The number of hydrogen-bond donors (Lipinski definition) is 0. The van der Waals surface area contributed by atoms with Gasteiger partial charge < -0.3 is 14.5 Å². The summed E-state index contributed by atoms with van der Waals surface area (Å²) < 4.78 is 5.18. The summed E-state index contributed by atoms with van der Waals surface area (Å²) in [5.41, 5.74) is 3.56. The number of carbonyl (C=O) groups is 1. The Balaban J connectivity index is 1.40. The Morgan fingerprint density at radius 3 is 2.36 bits per heavy atom. The lowest BCUT2D eigenvalue weighted by Gasteiger charge is -2.37. The molecule has 2 aliphatic rings. The maximum atomic E-state index is 12.3. The van der Waals surface area contributed by atoms with Crippen LogP contribution in [0.3, 0.4) is 0 Å². The Labute approximate surface area is 169 Å². The Hall–Kier alpha value is -2.73. The molecule has 4 rings (SSSR count). The predicted octanol–water partition coefficient (Wildman–Crippen LogP) is 3.80. The second kappa shape index (κ2) is 8.10. The summed E-state index contributed by atoms with van der Waals surface area (Å²) in [7, 11) is 1.64. The molecule has 0 spiro atoms. The van der Waals surface area contributed by atoms with Crippen molar-refractivity contribution in [2.75, 3.05) is 38.2 Å². The van der Waals surface area contributed by atoms with E-state index in [-0.39, 0.29) is 5.91 Å². The molecule has 2 heterocycles. The maximum absolute atomic E-state index is 12.3. The zero-order valence-corrected chi connectivity index (χ0v) is 16.9. The van der Waals surface area contributed by atoms with Crippen molar-refractivity contribution in [2.24, 2.45) is 4.99 Å². The number of carbonyl (C=O) groups excluding carboxylic acids is 1. The van der Waals surface area contributed by atoms with Crippen molar-refractivity contribution in [3.05, 3.63) is 64.6 Å². The normalized spacial score (nSPS) is 18.6. The van der Waals surface area contributed by atoms with E-state index >= 15 is 0 Å². The zero-order valence-electron chi connectivity index (χ0n) is 16.1. The van der Waals surface area contributed by atoms with E-state index < -0.39 is 0 Å². The molecule has 0 aliphatic carbocycles. The lowest BCUT2D eigenvalue weighted by Crippen LogP contribution is -2.48. The highest BCUT2D eigenvalue weighted by molar-refractivity contribution is 8.18. The van der Waals surface area contributed by atoms with Crippen LogP contribution in [0.15, 0.2) is 58.4 Å². The quantitative estimate of drug-likeness (QED) is 0.743. The van der Waals surface area contributed by atoms with Gasteiger partial charge >= 0.3 is 0 Å². The zero-order chi connectivity index (χ0) is 19.5. The van der Waals surface area contributed by atoms with E-state index in [2.05, 4.69) is 46.0 Å². The minimum atomic E-state index is -0.155. The van der Waals surface area contributed by atoms with Crippen LogP contribution in [0.4, 0.5) is 5.69 Å². The average Bonchev–Trinajstić information content (AvgIpc) is 3.09. The van der Waals surface area contributed by atoms with Crippen LogP contribution in [0.1, 0.15) is 11.1 Å². The first-order chi connectivity index (χ1) is 13.6. The molecule has 0 radical (unpaired) electrons. The number of anilines is 1. The number of amidine groups is 1. The van der Waals surface area contributed by atoms with Gasteiger partial charge in [-0.1, -0.05) is 30.3 Å². The Bertz CT molecular complexity index is 929. The summed E-state index contributed by atoms with van der Waals surface area (Å²) in [4.78, 5) is 21.9. The largest absolute Gasteiger partial charge is 0.497 e. The van der Waals surface area contributed by atoms with Crippen molar-refractivity contribution >= 4 is 34.6 Å². The number of methoxy groups -OCH3 is 1. The average molecular weight is 394 g/mol. The van der Waals surface area contributed by atoms with Gasteiger partial charge in [0.1, 0.15) is 5.75 Å². The molecule has 0 bridgehead atoms. The second-order valence-corrected chi connectivity index (χ2v) is 7.85. The van der Waals surface area contributed by atoms with Gasteiger partial charge in [0, 0.05) is 31.9 Å². The van der Waals surface area contributed by atoms with Crippen molar-refractivity contribution in [3.63, 3.8) is 0 Å². The Kier molecular flexibility index (Phi) is 5.39. The molecular formula is C22H23N3O2S. The van der Waals surface area contributed by atoms with Crippen LogP contribution in [-0.4, -0.2) is 49.3 Å².